The Kier molecular flexibility index (Phi) is 3.38. The third-order valence-electron chi connectivity index (χ3n) is 2.45. The van der Waals surface area contributed by atoms with Gasteiger partial charge < -0.3 is 10.8 Å². The molecule has 2 rings (SSSR count). The zero-order valence-corrected chi connectivity index (χ0v) is 9.58. The van der Waals surface area contributed by atoms with E-state index in [0.29, 0.717) is 16.8 Å². The molecule has 3 N–H and O–H groups in total. The lowest BCUT2D eigenvalue weighted by molar-refractivity contribution is 0.100. The molecule has 0 aromatic heterocycles. The van der Waals surface area contributed by atoms with Gasteiger partial charge in [0.25, 0.3) is 5.91 Å². The summed E-state index contributed by atoms with van der Waals surface area (Å²) in [6.45, 7) is 0. The van der Waals surface area contributed by atoms with Crippen LogP contribution in [0.1, 0.15) is 15.9 Å². The van der Waals surface area contributed by atoms with E-state index in [4.69, 9.17) is 5.73 Å². The number of aliphatic imine (C=N–C) groups is 1. The molecule has 0 heterocycles. The van der Waals surface area contributed by atoms with Gasteiger partial charge in [-0.15, -0.1) is 0 Å². The second-order valence-electron chi connectivity index (χ2n) is 3.70. The fourth-order valence-electron chi connectivity index (χ4n) is 1.53. The van der Waals surface area contributed by atoms with Crippen molar-refractivity contribution < 1.29 is 9.90 Å². The van der Waals surface area contributed by atoms with Crippen LogP contribution in [0.4, 0.5) is 5.69 Å². The molecule has 90 valence electrons. The molecule has 0 radical (unpaired) electrons. The Morgan fingerprint density at radius 2 is 1.78 bits per heavy atom. The highest BCUT2D eigenvalue weighted by Crippen LogP contribution is 2.19. The number of rotatable bonds is 3. The molecule has 0 bridgehead atoms. The van der Waals surface area contributed by atoms with Crippen molar-refractivity contribution in [2.24, 2.45) is 10.7 Å². The van der Waals surface area contributed by atoms with Gasteiger partial charge in [0.05, 0.1) is 11.3 Å². The van der Waals surface area contributed by atoms with Gasteiger partial charge in [-0.3, -0.25) is 9.79 Å². The zero-order chi connectivity index (χ0) is 13.0. The summed E-state index contributed by atoms with van der Waals surface area (Å²) >= 11 is 0. The number of nitrogens with zero attached hydrogens (tertiary/aromatic N) is 1. The maximum absolute atomic E-state index is 11.2. The highest BCUT2D eigenvalue weighted by atomic mass is 16.3. The van der Waals surface area contributed by atoms with Crippen molar-refractivity contribution >= 4 is 17.8 Å². The van der Waals surface area contributed by atoms with E-state index in [1.807, 2.05) is 0 Å². The number of para-hydroxylation sites is 2. The van der Waals surface area contributed by atoms with Crippen molar-refractivity contribution in [3.63, 3.8) is 0 Å². The molecule has 0 spiro atoms. The van der Waals surface area contributed by atoms with Gasteiger partial charge >= 0.3 is 0 Å². The van der Waals surface area contributed by atoms with Crippen LogP contribution in [0.5, 0.6) is 5.75 Å². The molecule has 4 heteroatoms. The van der Waals surface area contributed by atoms with Crippen molar-refractivity contribution in [1.82, 2.24) is 0 Å². The molecule has 0 aliphatic carbocycles. The number of benzene rings is 2. The topological polar surface area (TPSA) is 75.7 Å². The highest BCUT2D eigenvalue weighted by Gasteiger charge is 2.05. The first-order valence-electron chi connectivity index (χ1n) is 5.39. The lowest BCUT2D eigenvalue weighted by Gasteiger charge is -2.01. The normalized spacial score (nSPS) is 10.7. The molecule has 18 heavy (non-hydrogen) atoms. The quantitative estimate of drug-likeness (QED) is 0.807. The first kappa shape index (κ1) is 11.9. The second-order valence-corrected chi connectivity index (χ2v) is 3.70. The maximum Gasteiger partial charge on any atom is 0.250 e. The number of nitrogens with two attached hydrogens (primary N) is 1. The summed E-state index contributed by atoms with van der Waals surface area (Å²) in [7, 11) is 0. The minimum absolute atomic E-state index is 0.137. The van der Waals surface area contributed by atoms with E-state index in [1.165, 1.54) is 6.21 Å². The van der Waals surface area contributed by atoms with Crippen molar-refractivity contribution in [3.8, 4) is 5.75 Å². The van der Waals surface area contributed by atoms with Gasteiger partial charge in [0.15, 0.2) is 0 Å². The number of aromatic hydroxyl groups is 1. The zero-order valence-electron chi connectivity index (χ0n) is 9.58. The number of carbonyl (C=O) groups excluding carboxylic acids is 1. The number of phenolic OH excluding ortho intramolecular Hbond substituents is 1. The molecule has 0 unspecified atom stereocenters. The molecule has 0 aliphatic heterocycles. The molecule has 0 fully saturated rings. The van der Waals surface area contributed by atoms with E-state index < -0.39 is 5.91 Å². The Morgan fingerprint density at radius 1 is 1.11 bits per heavy atom. The third kappa shape index (κ3) is 2.55. The van der Waals surface area contributed by atoms with Crippen molar-refractivity contribution in [1.29, 1.82) is 0 Å². The van der Waals surface area contributed by atoms with E-state index in [2.05, 4.69) is 4.99 Å². The van der Waals surface area contributed by atoms with Crippen LogP contribution in [0.15, 0.2) is 53.5 Å². The standard InChI is InChI=1S/C14H12N2O2/c15-14(18)11-6-2-3-7-12(11)16-9-10-5-1-4-8-13(10)17/h1-9,17H,(H2,15,18). The van der Waals surface area contributed by atoms with Crippen LogP contribution in [0.25, 0.3) is 0 Å². The summed E-state index contributed by atoms with van der Waals surface area (Å²) < 4.78 is 0. The van der Waals surface area contributed by atoms with E-state index in [-0.39, 0.29) is 5.75 Å². The van der Waals surface area contributed by atoms with Gasteiger partial charge in [0, 0.05) is 11.8 Å². The van der Waals surface area contributed by atoms with E-state index in [1.54, 1.807) is 48.5 Å². The Hall–Kier alpha value is -2.62. The van der Waals surface area contributed by atoms with Gasteiger partial charge in [-0.05, 0) is 24.3 Å². The van der Waals surface area contributed by atoms with Gasteiger partial charge in [0.1, 0.15) is 5.75 Å². The van der Waals surface area contributed by atoms with Crippen molar-refractivity contribution in [2.75, 3.05) is 0 Å². The highest BCUT2D eigenvalue weighted by molar-refractivity contribution is 5.99. The molecule has 1 amide bonds. The monoisotopic (exact) mass is 240 g/mol. The van der Waals surface area contributed by atoms with E-state index >= 15 is 0 Å². The SMILES string of the molecule is NC(=O)c1ccccc1N=Cc1ccccc1O. The van der Waals surface area contributed by atoms with Gasteiger partial charge in [0.2, 0.25) is 0 Å². The van der Waals surface area contributed by atoms with Crippen LogP contribution in [0, 0.1) is 0 Å². The van der Waals surface area contributed by atoms with Crippen LogP contribution < -0.4 is 5.73 Å². The van der Waals surface area contributed by atoms with E-state index in [9.17, 15) is 9.90 Å². The van der Waals surface area contributed by atoms with Gasteiger partial charge in [-0.25, -0.2) is 0 Å². The summed E-state index contributed by atoms with van der Waals surface area (Å²) in [5.41, 5.74) is 6.66. The first-order valence-corrected chi connectivity index (χ1v) is 5.39. The number of carbonyl (C=O) groups is 1. The van der Waals surface area contributed by atoms with E-state index in [0.717, 1.165) is 0 Å². The maximum atomic E-state index is 11.2. The lowest BCUT2D eigenvalue weighted by atomic mass is 10.1. The molecule has 4 nitrogen and oxygen atoms in total. The molecule has 0 saturated heterocycles. The largest absolute Gasteiger partial charge is 0.507 e. The summed E-state index contributed by atoms with van der Waals surface area (Å²) in [5.74, 6) is -0.391. The van der Waals surface area contributed by atoms with Crippen molar-refractivity contribution in [2.45, 2.75) is 0 Å². The number of amides is 1. The van der Waals surface area contributed by atoms with Crippen LogP contribution in [-0.2, 0) is 0 Å². The first-order chi connectivity index (χ1) is 8.68. The Labute approximate surface area is 104 Å². The average Bonchev–Trinajstić information content (AvgIpc) is 2.38. The third-order valence-corrected chi connectivity index (χ3v) is 2.45. The molecule has 0 saturated carbocycles. The smallest absolute Gasteiger partial charge is 0.250 e. The number of phenols is 1. The fraction of sp³-hybridized carbons (Fsp3) is 0. The van der Waals surface area contributed by atoms with Crippen LogP contribution in [0.3, 0.4) is 0 Å². The average molecular weight is 240 g/mol. The van der Waals surface area contributed by atoms with Gasteiger partial charge in [-0.2, -0.15) is 0 Å². The lowest BCUT2D eigenvalue weighted by Crippen LogP contribution is -2.10. The molecule has 0 aliphatic rings. The molecule has 2 aromatic carbocycles. The van der Waals surface area contributed by atoms with Crippen LogP contribution in [-0.4, -0.2) is 17.2 Å². The summed E-state index contributed by atoms with van der Waals surface area (Å²) in [4.78, 5) is 15.4. The van der Waals surface area contributed by atoms with Crippen LogP contribution in [0.2, 0.25) is 0 Å². The molecule has 0 atom stereocenters. The molecular formula is C14H12N2O2. The summed E-state index contributed by atoms with van der Waals surface area (Å²) in [6, 6.07) is 13.6. The number of hydrogen-bond acceptors (Lipinski definition) is 3. The predicted octanol–water partition coefficient (Wildman–Crippen LogP) is 2.24. The number of hydrogen-bond donors (Lipinski definition) is 2. The minimum atomic E-state index is -0.528. The molecule has 2 aromatic rings. The Balaban J connectivity index is 2.35. The number of primary amides is 1. The Bertz CT molecular complexity index is 606. The van der Waals surface area contributed by atoms with Crippen molar-refractivity contribution in [3.05, 3.63) is 59.7 Å². The summed E-state index contributed by atoms with van der Waals surface area (Å²) in [5, 5.41) is 9.58. The fourth-order valence-corrected chi connectivity index (χ4v) is 1.53. The van der Waals surface area contributed by atoms with Gasteiger partial charge in [-0.1, -0.05) is 24.3 Å². The predicted molar refractivity (Wildman–Crippen MR) is 70.3 cm³/mol. The summed E-state index contributed by atoms with van der Waals surface area (Å²) in [6.07, 6.45) is 1.50. The minimum Gasteiger partial charge on any atom is -0.507 e. The second kappa shape index (κ2) is 5.14. The molecular weight excluding hydrogens is 228 g/mol. The Morgan fingerprint density at radius 3 is 2.50 bits per heavy atom. The van der Waals surface area contributed by atoms with Crippen LogP contribution >= 0.6 is 0 Å².